The lowest BCUT2D eigenvalue weighted by Gasteiger charge is -2.22. The smallest absolute Gasteiger partial charge is 0.262 e. The summed E-state index contributed by atoms with van der Waals surface area (Å²) in [5.41, 5.74) is 4.63. The van der Waals surface area contributed by atoms with Crippen molar-refractivity contribution in [2.75, 3.05) is 36.8 Å². The molecule has 4 rings (SSSR count). The van der Waals surface area contributed by atoms with Crippen LogP contribution in [0.2, 0.25) is 0 Å². The minimum absolute atomic E-state index is 0.139. The van der Waals surface area contributed by atoms with Gasteiger partial charge in [0.15, 0.2) is 5.13 Å². The van der Waals surface area contributed by atoms with E-state index in [1.165, 1.54) is 16.9 Å². The Balaban J connectivity index is 1.71. The third kappa shape index (κ3) is 6.18. The summed E-state index contributed by atoms with van der Waals surface area (Å²) in [7, 11) is 0.106. The van der Waals surface area contributed by atoms with Gasteiger partial charge in [0, 0.05) is 6.54 Å². The van der Waals surface area contributed by atoms with E-state index >= 15 is 0 Å². The molecule has 0 radical (unpaired) electrons. The fourth-order valence-electron chi connectivity index (χ4n) is 3.94. The third-order valence-corrected chi connectivity index (χ3v) is 8.61. The highest BCUT2D eigenvalue weighted by Gasteiger charge is 2.25. The first-order valence-corrected chi connectivity index (χ1v) is 14.4. The SMILES string of the molecule is Cc1ccc(S(=O)(=O)Nc2ccccc2C(=O)N(CCCN(C)C)c2nc3cc(C)c(C)cc3s2)cc1. The van der Waals surface area contributed by atoms with Crippen molar-refractivity contribution < 1.29 is 13.2 Å². The molecule has 1 N–H and O–H groups in total. The maximum Gasteiger partial charge on any atom is 0.262 e. The molecule has 0 saturated heterocycles. The number of carbonyl (C=O) groups is 1. The summed E-state index contributed by atoms with van der Waals surface area (Å²) in [5, 5.41) is 0.597. The van der Waals surface area contributed by atoms with Crippen molar-refractivity contribution >= 4 is 48.3 Å². The molecule has 7 nitrogen and oxygen atoms in total. The number of sulfonamides is 1. The zero-order chi connectivity index (χ0) is 26.7. The van der Waals surface area contributed by atoms with Gasteiger partial charge in [-0.3, -0.25) is 14.4 Å². The summed E-state index contributed by atoms with van der Waals surface area (Å²) in [6, 6.07) is 17.4. The van der Waals surface area contributed by atoms with Crippen LogP contribution in [0.4, 0.5) is 10.8 Å². The number of aryl methyl sites for hydroxylation is 3. The zero-order valence-electron chi connectivity index (χ0n) is 21.8. The van der Waals surface area contributed by atoms with Gasteiger partial charge >= 0.3 is 0 Å². The van der Waals surface area contributed by atoms with Crippen LogP contribution in [0.5, 0.6) is 0 Å². The van der Waals surface area contributed by atoms with Gasteiger partial charge in [-0.1, -0.05) is 41.2 Å². The molecule has 0 aliphatic carbocycles. The van der Waals surface area contributed by atoms with Gasteiger partial charge in [-0.05, 0) is 95.4 Å². The second-order valence-corrected chi connectivity index (χ2v) is 12.2. The van der Waals surface area contributed by atoms with E-state index in [-0.39, 0.29) is 22.1 Å². The molecule has 0 saturated carbocycles. The number of anilines is 2. The molecule has 0 atom stereocenters. The van der Waals surface area contributed by atoms with E-state index in [2.05, 4.69) is 22.6 Å². The van der Waals surface area contributed by atoms with Crippen molar-refractivity contribution in [2.45, 2.75) is 32.1 Å². The maximum atomic E-state index is 14.0. The van der Waals surface area contributed by atoms with Crippen molar-refractivity contribution in [1.82, 2.24) is 9.88 Å². The molecule has 0 bridgehead atoms. The summed E-state index contributed by atoms with van der Waals surface area (Å²) in [5.74, 6) is -0.298. The number of amides is 1. The monoisotopic (exact) mass is 536 g/mol. The highest BCUT2D eigenvalue weighted by atomic mass is 32.2. The Hall–Kier alpha value is -3.27. The molecule has 37 heavy (non-hydrogen) atoms. The Labute approximate surface area is 222 Å². The van der Waals surface area contributed by atoms with Crippen molar-refractivity contribution in [3.05, 3.63) is 82.9 Å². The van der Waals surface area contributed by atoms with Gasteiger partial charge in [0.1, 0.15) is 0 Å². The number of carbonyl (C=O) groups excluding carboxylic acids is 1. The minimum Gasteiger partial charge on any atom is -0.309 e. The number of para-hydroxylation sites is 1. The largest absolute Gasteiger partial charge is 0.309 e. The molecule has 1 heterocycles. The Morgan fingerprint density at radius 2 is 1.62 bits per heavy atom. The summed E-state index contributed by atoms with van der Waals surface area (Å²) in [4.78, 5) is 22.6. The van der Waals surface area contributed by atoms with E-state index in [4.69, 9.17) is 4.98 Å². The lowest BCUT2D eigenvalue weighted by Crippen LogP contribution is -2.34. The molecule has 0 aliphatic rings. The average Bonchev–Trinajstić information content (AvgIpc) is 3.24. The van der Waals surface area contributed by atoms with Gasteiger partial charge in [-0.15, -0.1) is 0 Å². The Bertz CT molecular complexity index is 1490. The fourth-order valence-corrected chi connectivity index (χ4v) is 6.09. The third-order valence-electron chi connectivity index (χ3n) is 6.19. The average molecular weight is 537 g/mol. The van der Waals surface area contributed by atoms with Crippen molar-refractivity contribution in [2.24, 2.45) is 0 Å². The van der Waals surface area contributed by atoms with Gasteiger partial charge in [0.05, 0.1) is 26.4 Å². The van der Waals surface area contributed by atoms with Crippen LogP contribution in [-0.4, -0.2) is 51.4 Å². The molecular weight excluding hydrogens is 504 g/mol. The molecule has 0 aliphatic heterocycles. The first-order chi connectivity index (χ1) is 17.5. The Morgan fingerprint density at radius 1 is 0.946 bits per heavy atom. The molecule has 194 valence electrons. The number of rotatable bonds is 9. The lowest BCUT2D eigenvalue weighted by atomic mass is 10.1. The van der Waals surface area contributed by atoms with E-state index in [1.807, 2.05) is 34.0 Å². The molecule has 1 amide bonds. The van der Waals surface area contributed by atoms with E-state index in [9.17, 15) is 13.2 Å². The highest BCUT2D eigenvalue weighted by molar-refractivity contribution is 7.92. The molecule has 9 heteroatoms. The van der Waals surface area contributed by atoms with Gasteiger partial charge in [0.25, 0.3) is 15.9 Å². The normalized spacial score (nSPS) is 11.7. The quantitative estimate of drug-likeness (QED) is 0.300. The first-order valence-electron chi connectivity index (χ1n) is 12.1. The number of benzene rings is 3. The number of hydrogen-bond acceptors (Lipinski definition) is 6. The molecule has 4 aromatic rings. The molecule has 3 aromatic carbocycles. The van der Waals surface area contributed by atoms with Crippen LogP contribution in [0.3, 0.4) is 0 Å². The van der Waals surface area contributed by atoms with Crippen LogP contribution in [0.1, 0.15) is 33.5 Å². The van der Waals surface area contributed by atoms with Crippen molar-refractivity contribution in [1.29, 1.82) is 0 Å². The topological polar surface area (TPSA) is 82.6 Å². The molecular formula is C28H32N4O3S2. The molecule has 0 fully saturated rings. The Morgan fingerprint density at radius 3 is 2.32 bits per heavy atom. The maximum absolute atomic E-state index is 14.0. The predicted octanol–water partition coefficient (Wildman–Crippen LogP) is 5.62. The van der Waals surface area contributed by atoms with Gasteiger partial charge in [-0.25, -0.2) is 13.4 Å². The fraction of sp³-hybridized carbons (Fsp3) is 0.286. The van der Waals surface area contributed by atoms with Crippen LogP contribution in [0, 0.1) is 20.8 Å². The second kappa shape index (κ2) is 11.0. The minimum atomic E-state index is -3.88. The number of hydrogen-bond donors (Lipinski definition) is 1. The highest BCUT2D eigenvalue weighted by Crippen LogP contribution is 2.33. The number of nitrogens with one attached hydrogen (secondary N) is 1. The summed E-state index contributed by atoms with van der Waals surface area (Å²) >= 11 is 1.47. The van der Waals surface area contributed by atoms with Crippen LogP contribution in [0.25, 0.3) is 10.2 Å². The van der Waals surface area contributed by atoms with Gasteiger partial charge in [0.2, 0.25) is 0 Å². The predicted molar refractivity (Wildman–Crippen MR) is 152 cm³/mol. The van der Waals surface area contributed by atoms with E-state index in [0.717, 1.165) is 34.3 Å². The lowest BCUT2D eigenvalue weighted by molar-refractivity contribution is 0.0987. The van der Waals surface area contributed by atoms with E-state index < -0.39 is 10.0 Å². The summed E-state index contributed by atoms with van der Waals surface area (Å²) < 4.78 is 29.8. The van der Waals surface area contributed by atoms with Gasteiger partial charge < -0.3 is 4.90 Å². The summed E-state index contributed by atoms with van der Waals surface area (Å²) in [6.07, 6.45) is 0.740. The van der Waals surface area contributed by atoms with Crippen LogP contribution < -0.4 is 9.62 Å². The Kier molecular flexibility index (Phi) is 7.96. The molecule has 0 spiro atoms. The first kappa shape index (κ1) is 26.8. The van der Waals surface area contributed by atoms with Crippen LogP contribution in [-0.2, 0) is 10.0 Å². The number of aromatic nitrogens is 1. The van der Waals surface area contributed by atoms with Crippen molar-refractivity contribution in [3.63, 3.8) is 0 Å². The zero-order valence-corrected chi connectivity index (χ0v) is 23.4. The second-order valence-electron chi connectivity index (χ2n) is 9.48. The van der Waals surface area contributed by atoms with E-state index in [0.29, 0.717) is 11.7 Å². The number of thiazole rings is 1. The standard InChI is InChI=1S/C28H32N4O3S2/c1-19-11-13-22(14-12-19)37(34,35)30-24-10-7-6-9-23(24)27(33)32(16-8-15-31(4)5)28-29-25-17-20(2)21(3)18-26(25)36-28/h6-7,9-14,17-18,30H,8,15-16H2,1-5H3. The van der Waals surface area contributed by atoms with Crippen molar-refractivity contribution in [3.8, 4) is 0 Å². The van der Waals surface area contributed by atoms with Crippen LogP contribution in [0.15, 0.2) is 65.6 Å². The number of nitrogens with zero attached hydrogens (tertiary/aromatic N) is 3. The number of fused-ring (bicyclic) bond motifs is 1. The van der Waals surface area contributed by atoms with Crippen LogP contribution >= 0.6 is 11.3 Å². The van der Waals surface area contributed by atoms with E-state index in [1.54, 1.807) is 53.4 Å². The molecule has 0 unspecified atom stereocenters. The summed E-state index contributed by atoms with van der Waals surface area (Å²) in [6.45, 7) is 7.25. The van der Waals surface area contributed by atoms with Gasteiger partial charge in [-0.2, -0.15) is 0 Å². The molecule has 1 aromatic heterocycles.